The molecule has 1 heterocycles. The first-order chi connectivity index (χ1) is 12.8. The molecule has 0 aliphatic carbocycles. The molecule has 1 amide bonds. The Kier molecular flexibility index (Phi) is 9.11. The monoisotopic (exact) mass is 390 g/mol. The van der Waals surface area contributed by atoms with E-state index in [0.717, 1.165) is 42.9 Å². The number of halogens is 1. The first-order valence-corrected chi connectivity index (χ1v) is 9.17. The summed E-state index contributed by atoms with van der Waals surface area (Å²) in [6, 6.07) is 17.5. The molecule has 1 fully saturated rings. The SMILES string of the molecule is Cl.O=C(Nc1cccc(COCCOc2ccccc2)c1)C1CCNCC1. The third-order valence-electron chi connectivity index (χ3n) is 4.41. The van der Waals surface area contributed by atoms with Gasteiger partial charge in [0.15, 0.2) is 0 Å². The summed E-state index contributed by atoms with van der Waals surface area (Å²) in [5, 5.41) is 6.31. The van der Waals surface area contributed by atoms with Gasteiger partial charge in [-0.15, -0.1) is 12.4 Å². The molecule has 1 aliphatic rings. The number of ether oxygens (including phenoxy) is 2. The molecule has 0 aromatic heterocycles. The Morgan fingerprint density at radius 2 is 1.81 bits per heavy atom. The minimum Gasteiger partial charge on any atom is -0.491 e. The summed E-state index contributed by atoms with van der Waals surface area (Å²) in [6.45, 7) is 3.35. The van der Waals surface area contributed by atoms with Gasteiger partial charge in [0, 0.05) is 11.6 Å². The van der Waals surface area contributed by atoms with Crippen molar-refractivity contribution in [2.24, 2.45) is 5.92 Å². The maximum absolute atomic E-state index is 12.3. The third kappa shape index (κ3) is 7.21. The smallest absolute Gasteiger partial charge is 0.227 e. The molecule has 0 unspecified atom stereocenters. The fourth-order valence-electron chi connectivity index (χ4n) is 2.99. The Hall–Kier alpha value is -2.08. The lowest BCUT2D eigenvalue weighted by Gasteiger charge is -2.21. The zero-order valence-electron chi connectivity index (χ0n) is 15.4. The second-order valence-electron chi connectivity index (χ2n) is 6.43. The van der Waals surface area contributed by atoms with Gasteiger partial charge in [-0.3, -0.25) is 4.79 Å². The average molecular weight is 391 g/mol. The van der Waals surface area contributed by atoms with Gasteiger partial charge in [-0.05, 0) is 55.8 Å². The van der Waals surface area contributed by atoms with Crippen molar-refractivity contribution in [3.8, 4) is 5.75 Å². The number of amides is 1. The second kappa shape index (κ2) is 11.6. The maximum atomic E-state index is 12.3. The Labute approximate surface area is 166 Å². The molecule has 5 nitrogen and oxygen atoms in total. The van der Waals surface area contributed by atoms with Crippen LogP contribution in [0, 0.1) is 5.92 Å². The number of para-hydroxylation sites is 1. The van der Waals surface area contributed by atoms with E-state index in [0.29, 0.717) is 19.8 Å². The van der Waals surface area contributed by atoms with E-state index < -0.39 is 0 Å². The van der Waals surface area contributed by atoms with E-state index in [1.807, 2.05) is 54.6 Å². The van der Waals surface area contributed by atoms with Crippen molar-refractivity contribution in [1.29, 1.82) is 0 Å². The van der Waals surface area contributed by atoms with Gasteiger partial charge >= 0.3 is 0 Å². The highest BCUT2D eigenvalue weighted by Crippen LogP contribution is 2.17. The molecule has 0 saturated carbocycles. The van der Waals surface area contributed by atoms with Gasteiger partial charge in [0.1, 0.15) is 12.4 Å². The molecule has 146 valence electrons. The van der Waals surface area contributed by atoms with Crippen molar-refractivity contribution >= 4 is 24.0 Å². The number of piperidine rings is 1. The van der Waals surface area contributed by atoms with E-state index in [1.165, 1.54) is 0 Å². The number of benzene rings is 2. The van der Waals surface area contributed by atoms with Crippen LogP contribution in [0.2, 0.25) is 0 Å². The van der Waals surface area contributed by atoms with Gasteiger partial charge in [-0.2, -0.15) is 0 Å². The fraction of sp³-hybridized carbons (Fsp3) is 0.381. The van der Waals surface area contributed by atoms with Crippen LogP contribution >= 0.6 is 12.4 Å². The molecule has 1 aliphatic heterocycles. The van der Waals surface area contributed by atoms with Crippen molar-refractivity contribution in [1.82, 2.24) is 5.32 Å². The lowest BCUT2D eigenvalue weighted by atomic mass is 9.97. The van der Waals surface area contributed by atoms with Crippen LogP contribution in [-0.4, -0.2) is 32.2 Å². The van der Waals surface area contributed by atoms with E-state index in [-0.39, 0.29) is 24.2 Å². The van der Waals surface area contributed by atoms with Gasteiger partial charge in [0.05, 0.1) is 13.2 Å². The lowest BCUT2D eigenvalue weighted by molar-refractivity contribution is -0.120. The minimum absolute atomic E-state index is 0. The van der Waals surface area contributed by atoms with Crippen LogP contribution in [0.25, 0.3) is 0 Å². The predicted molar refractivity (Wildman–Crippen MR) is 110 cm³/mol. The van der Waals surface area contributed by atoms with Crippen molar-refractivity contribution in [3.63, 3.8) is 0 Å². The number of anilines is 1. The quantitative estimate of drug-likeness (QED) is 0.675. The minimum atomic E-state index is 0. The van der Waals surface area contributed by atoms with Crippen molar-refractivity contribution in [2.45, 2.75) is 19.4 Å². The zero-order chi connectivity index (χ0) is 18.0. The Bertz CT molecular complexity index is 691. The Morgan fingerprint density at radius 1 is 1.04 bits per heavy atom. The normalized spacial score (nSPS) is 14.2. The average Bonchev–Trinajstić information content (AvgIpc) is 2.69. The van der Waals surface area contributed by atoms with Crippen LogP contribution in [0.4, 0.5) is 5.69 Å². The molecular formula is C21H27ClN2O3. The molecule has 2 aromatic carbocycles. The molecule has 1 saturated heterocycles. The number of hydrogen-bond donors (Lipinski definition) is 2. The van der Waals surface area contributed by atoms with Crippen LogP contribution < -0.4 is 15.4 Å². The Balaban J connectivity index is 0.00000261. The van der Waals surface area contributed by atoms with E-state index in [2.05, 4.69) is 10.6 Å². The van der Waals surface area contributed by atoms with Gasteiger partial charge in [-0.25, -0.2) is 0 Å². The number of carbonyl (C=O) groups is 1. The van der Waals surface area contributed by atoms with Gasteiger partial charge in [0.25, 0.3) is 0 Å². The first kappa shape index (κ1) is 21.2. The first-order valence-electron chi connectivity index (χ1n) is 9.17. The second-order valence-corrected chi connectivity index (χ2v) is 6.43. The number of hydrogen-bond acceptors (Lipinski definition) is 4. The van der Waals surface area contributed by atoms with Gasteiger partial charge in [0.2, 0.25) is 5.91 Å². The molecule has 27 heavy (non-hydrogen) atoms. The number of rotatable bonds is 8. The maximum Gasteiger partial charge on any atom is 0.227 e. The summed E-state index contributed by atoms with van der Waals surface area (Å²) in [4.78, 5) is 12.3. The van der Waals surface area contributed by atoms with Crippen molar-refractivity contribution in [2.75, 3.05) is 31.6 Å². The topological polar surface area (TPSA) is 59.6 Å². The molecule has 6 heteroatoms. The van der Waals surface area contributed by atoms with Crippen LogP contribution in [0.3, 0.4) is 0 Å². The third-order valence-corrected chi connectivity index (χ3v) is 4.41. The molecule has 0 atom stereocenters. The summed E-state index contributed by atoms with van der Waals surface area (Å²) in [5.74, 6) is 1.06. The van der Waals surface area contributed by atoms with Gasteiger partial charge in [-0.1, -0.05) is 30.3 Å². The van der Waals surface area contributed by atoms with Crippen LogP contribution in [0.1, 0.15) is 18.4 Å². The molecule has 2 aromatic rings. The molecule has 3 rings (SSSR count). The molecule has 0 spiro atoms. The predicted octanol–water partition coefficient (Wildman–Crippen LogP) is 3.64. The van der Waals surface area contributed by atoms with Crippen molar-refractivity contribution < 1.29 is 14.3 Å². The molecule has 0 radical (unpaired) electrons. The molecule has 0 bridgehead atoms. The summed E-state index contributed by atoms with van der Waals surface area (Å²) in [5.41, 5.74) is 1.86. The number of nitrogens with one attached hydrogen (secondary N) is 2. The summed E-state index contributed by atoms with van der Waals surface area (Å²) in [7, 11) is 0. The summed E-state index contributed by atoms with van der Waals surface area (Å²) in [6.07, 6.45) is 1.80. The largest absolute Gasteiger partial charge is 0.491 e. The number of carbonyl (C=O) groups excluding carboxylic acids is 1. The van der Waals surface area contributed by atoms with E-state index >= 15 is 0 Å². The van der Waals surface area contributed by atoms with Crippen LogP contribution in [0.15, 0.2) is 54.6 Å². The zero-order valence-corrected chi connectivity index (χ0v) is 16.2. The highest BCUT2D eigenvalue weighted by molar-refractivity contribution is 5.92. The van der Waals surface area contributed by atoms with E-state index in [4.69, 9.17) is 9.47 Å². The Morgan fingerprint density at radius 3 is 2.59 bits per heavy atom. The molecule has 2 N–H and O–H groups in total. The van der Waals surface area contributed by atoms with Crippen molar-refractivity contribution in [3.05, 3.63) is 60.2 Å². The van der Waals surface area contributed by atoms with E-state index in [1.54, 1.807) is 0 Å². The van der Waals surface area contributed by atoms with Crippen LogP contribution in [0.5, 0.6) is 5.75 Å². The van der Waals surface area contributed by atoms with Crippen LogP contribution in [-0.2, 0) is 16.1 Å². The highest BCUT2D eigenvalue weighted by Gasteiger charge is 2.20. The van der Waals surface area contributed by atoms with E-state index in [9.17, 15) is 4.79 Å². The summed E-state index contributed by atoms with van der Waals surface area (Å²) >= 11 is 0. The standard InChI is InChI=1S/C21H26N2O3.ClH/c24-21(18-9-11-22-12-10-18)23-19-6-4-5-17(15-19)16-25-13-14-26-20-7-2-1-3-8-20;/h1-8,15,18,22H,9-14,16H2,(H,23,24);1H. The molecular weight excluding hydrogens is 364 g/mol. The van der Waals surface area contributed by atoms with Gasteiger partial charge < -0.3 is 20.1 Å². The lowest BCUT2D eigenvalue weighted by Crippen LogP contribution is -2.34. The highest BCUT2D eigenvalue weighted by atomic mass is 35.5. The fourth-order valence-corrected chi connectivity index (χ4v) is 2.99. The summed E-state index contributed by atoms with van der Waals surface area (Å²) < 4.78 is 11.3.